The second-order valence-electron chi connectivity index (χ2n) is 6.35. The van der Waals surface area contributed by atoms with Gasteiger partial charge in [0.05, 0.1) is 18.7 Å². The minimum absolute atomic E-state index is 0.0827. The van der Waals surface area contributed by atoms with Gasteiger partial charge >= 0.3 is 12.1 Å². The highest BCUT2D eigenvalue weighted by molar-refractivity contribution is 6.08. The Labute approximate surface area is 161 Å². The maximum atomic E-state index is 13.2. The predicted molar refractivity (Wildman–Crippen MR) is 102 cm³/mol. The van der Waals surface area contributed by atoms with Gasteiger partial charge in [0.25, 0.3) is 0 Å². The van der Waals surface area contributed by atoms with Crippen LogP contribution in [0.1, 0.15) is 35.6 Å². The lowest BCUT2D eigenvalue weighted by Gasteiger charge is -2.18. The van der Waals surface area contributed by atoms with Crippen LogP contribution in [0.2, 0.25) is 0 Å². The summed E-state index contributed by atoms with van der Waals surface area (Å²) in [6, 6.07) is 14.3. The smallest absolute Gasteiger partial charge is 0.394 e. The number of fused-ring (bicyclic) bond motifs is 1. The van der Waals surface area contributed by atoms with E-state index in [-0.39, 0.29) is 18.0 Å². The van der Waals surface area contributed by atoms with Crippen LogP contribution in [-0.4, -0.2) is 23.7 Å². The third-order valence-corrected chi connectivity index (χ3v) is 4.48. The second kappa shape index (κ2) is 8.00. The van der Waals surface area contributed by atoms with Crippen LogP contribution in [0.4, 0.5) is 13.2 Å². The first kappa shape index (κ1) is 19.9. The quantitative estimate of drug-likeness (QED) is 0.524. The van der Waals surface area contributed by atoms with Crippen molar-refractivity contribution < 1.29 is 22.7 Å². The Kier molecular flexibility index (Phi) is 5.68. The number of halogens is 3. The average molecular weight is 387 g/mol. The van der Waals surface area contributed by atoms with Crippen molar-refractivity contribution in [1.29, 1.82) is 0 Å². The van der Waals surface area contributed by atoms with Gasteiger partial charge in [-0.1, -0.05) is 55.5 Å². The molecule has 0 N–H and O–H groups in total. The van der Waals surface area contributed by atoms with Crippen molar-refractivity contribution in [3.63, 3.8) is 0 Å². The monoisotopic (exact) mass is 387 g/mol. The normalized spacial score (nSPS) is 11.6. The zero-order valence-corrected chi connectivity index (χ0v) is 15.6. The number of carbonyl (C=O) groups is 1. The minimum atomic E-state index is -4.44. The number of nitrogens with zero attached hydrogens (tertiary/aromatic N) is 1. The molecule has 1 aromatic heterocycles. The van der Waals surface area contributed by atoms with Crippen molar-refractivity contribution in [3.05, 3.63) is 65.5 Å². The standard InChI is InChI=1S/C22H20F3NO2/c1-3-14-11-8-12-16-17(13-22(23,24)25)26-20(21(27)28-4-2)19(18(14)16)15-9-6-5-7-10-15/h5-12H,3-4,13H2,1-2H3. The number of ether oxygens (including phenoxy) is 1. The first-order chi connectivity index (χ1) is 13.4. The van der Waals surface area contributed by atoms with Crippen LogP contribution in [-0.2, 0) is 17.6 Å². The molecular formula is C22H20F3NO2. The summed E-state index contributed by atoms with van der Waals surface area (Å²) in [6.45, 7) is 3.68. The van der Waals surface area contributed by atoms with Gasteiger partial charge in [-0.3, -0.25) is 0 Å². The summed E-state index contributed by atoms with van der Waals surface area (Å²) in [4.78, 5) is 16.8. The lowest BCUT2D eigenvalue weighted by Crippen LogP contribution is -2.17. The maximum absolute atomic E-state index is 13.2. The van der Waals surface area contributed by atoms with Crippen LogP contribution in [0.25, 0.3) is 21.9 Å². The zero-order valence-electron chi connectivity index (χ0n) is 15.6. The number of benzene rings is 2. The number of alkyl halides is 3. The zero-order chi connectivity index (χ0) is 20.3. The predicted octanol–water partition coefficient (Wildman–Crippen LogP) is 5.75. The molecule has 0 amide bonds. The van der Waals surface area contributed by atoms with Crippen molar-refractivity contribution in [1.82, 2.24) is 4.98 Å². The number of pyridine rings is 1. The van der Waals surface area contributed by atoms with Crippen molar-refractivity contribution in [2.45, 2.75) is 32.9 Å². The molecule has 3 aromatic rings. The van der Waals surface area contributed by atoms with Gasteiger partial charge in [-0.05, 0) is 29.9 Å². The van der Waals surface area contributed by atoms with Gasteiger partial charge in [0.2, 0.25) is 0 Å². The van der Waals surface area contributed by atoms with Crippen LogP contribution in [0.5, 0.6) is 0 Å². The number of hydrogen-bond donors (Lipinski definition) is 0. The molecule has 0 radical (unpaired) electrons. The molecule has 3 rings (SSSR count). The van der Waals surface area contributed by atoms with E-state index in [0.717, 1.165) is 5.56 Å². The lowest BCUT2D eigenvalue weighted by molar-refractivity contribution is -0.127. The Balaban J connectivity index is 2.44. The molecule has 0 aliphatic heterocycles. The van der Waals surface area contributed by atoms with E-state index in [2.05, 4.69) is 4.98 Å². The molecule has 0 spiro atoms. The van der Waals surface area contributed by atoms with E-state index in [1.807, 2.05) is 43.3 Å². The first-order valence-corrected chi connectivity index (χ1v) is 9.09. The van der Waals surface area contributed by atoms with Gasteiger partial charge in [-0.15, -0.1) is 0 Å². The third-order valence-electron chi connectivity index (χ3n) is 4.48. The van der Waals surface area contributed by atoms with Crippen molar-refractivity contribution >= 4 is 16.7 Å². The molecule has 1 heterocycles. The molecule has 3 nitrogen and oxygen atoms in total. The van der Waals surface area contributed by atoms with E-state index in [4.69, 9.17) is 4.74 Å². The van der Waals surface area contributed by atoms with Gasteiger partial charge in [0.1, 0.15) is 0 Å². The molecule has 0 saturated carbocycles. The van der Waals surface area contributed by atoms with E-state index in [1.54, 1.807) is 19.1 Å². The lowest BCUT2D eigenvalue weighted by atomic mass is 9.91. The number of rotatable bonds is 5. The molecule has 2 aromatic carbocycles. The Morgan fingerprint density at radius 1 is 1.04 bits per heavy atom. The summed E-state index contributed by atoms with van der Waals surface area (Å²) in [7, 11) is 0. The Morgan fingerprint density at radius 3 is 2.36 bits per heavy atom. The van der Waals surface area contributed by atoms with E-state index in [1.165, 1.54) is 0 Å². The highest BCUT2D eigenvalue weighted by Crippen LogP contribution is 2.37. The van der Waals surface area contributed by atoms with Crippen LogP contribution >= 0.6 is 0 Å². The van der Waals surface area contributed by atoms with E-state index in [9.17, 15) is 18.0 Å². The Hall–Kier alpha value is -2.89. The molecule has 0 aliphatic carbocycles. The average Bonchev–Trinajstić information content (AvgIpc) is 2.67. The molecular weight excluding hydrogens is 367 g/mol. The van der Waals surface area contributed by atoms with Crippen molar-refractivity contribution in [3.8, 4) is 11.1 Å². The fraction of sp³-hybridized carbons (Fsp3) is 0.273. The first-order valence-electron chi connectivity index (χ1n) is 9.09. The summed E-state index contributed by atoms with van der Waals surface area (Å²) in [6.07, 6.45) is -5.05. The number of aryl methyl sites for hydroxylation is 1. The topological polar surface area (TPSA) is 39.2 Å². The SMILES string of the molecule is CCOC(=O)c1nc(CC(F)(F)F)c2cccc(CC)c2c1-c1ccccc1. The summed E-state index contributed by atoms with van der Waals surface area (Å²) < 4.78 is 44.7. The van der Waals surface area contributed by atoms with Gasteiger partial charge in [0, 0.05) is 10.9 Å². The van der Waals surface area contributed by atoms with Gasteiger partial charge in [-0.25, -0.2) is 9.78 Å². The fourth-order valence-electron chi connectivity index (χ4n) is 3.36. The van der Waals surface area contributed by atoms with Gasteiger partial charge in [-0.2, -0.15) is 13.2 Å². The van der Waals surface area contributed by atoms with Crippen LogP contribution in [0.3, 0.4) is 0 Å². The van der Waals surface area contributed by atoms with Crippen LogP contribution < -0.4 is 0 Å². The second-order valence-corrected chi connectivity index (χ2v) is 6.35. The number of carbonyl (C=O) groups excluding carboxylic acids is 1. The van der Waals surface area contributed by atoms with Crippen molar-refractivity contribution in [2.75, 3.05) is 6.61 Å². The van der Waals surface area contributed by atoms with Crippen LogP contribution in [0, 0.1) is 0 Å². The Morgan fingerprint density at radius 2 is 1.75 bits per heavy atom. The molecule has 0 atom stereocenters. The van der Waals surface area contributed by atoms with Crippen molar-refractivity contribution in [2.24, 2.45) is 0 Å². The Bertz CT molecular complexity index is 998. The maximum Gasteiger partial charge on any atom is 0.394 e. The summed E-state index contributed by atoms with van der Waals surface area (Å²) >= 11 is 0. The van der Waals surface area contributed by atoms with Gasteiger partial charge < -0.3 is 4.74 Å². The molecule has 0 aliphatic rings. The molecule has 146 valence electrons. The number of esters is 1. The van der Waals surface area contributed by atoms with E-state index < -0.39 is 18.6 Å². The summed E-state index contributed by atoms with van der Waals surface area (Å²) in [5.41, 5.74) is 1.83. The van der Waals surface area contributed by atoms with E-state index >= 15 is 0 Å². The minimum Gasteiger partial charge on any atom is -0.461 e. The molecule has 0 fully saturated rings. The summed E-state index contributed by atoms with van der Waals surface area (Å²) in [5, 5.41) is 1.03. The third kappa shape index (κ3) is 4.01. The molecule has 0 bridgehead atoms. The van der Waals surface area contributed by atoms with E-state index in [0.29, 0.717) is 28.3 Å². The molecule has 0 unspecified atom stereocenters. The molecule has 0 saturated heterocycles. The number of aromatic nitrogens is 1. The number of hydrogen-bond acceptors (Lipinski definition) is 3. The fourth-order valence-corrected chi connectivity index (χ4v) is 3.36. The highest BCUT2D eigenvalue weighted by atomic mass is 19.4. The van der Waals surface area contributed by atoms with Crippen LogP contribution in [0.15, 0.2) is 48.5 Å². The highest BCUT2D eigenvalue weighted by Gasteiger charge is 2.32. The molecule has 28 heavy (non-hydrogen) atoms. The largest absolute Gasteiger partial charge is 0.461 e. The van der Waals surface area contributed by atoms with Gasteiger partial charge in [0.15, 0.2) is 5.69 Å². The summed E-state index contributed by atoms with van der Waals surface area (Å²) in [5.74, 6) is -0.724. The molecule has 6 heteroatoms.